The lowest BCUT2D eigenvalue weighted by Crippen LogP contribution is -2.45. The van der Waals surface area contributed by atoms with E-state index in [-0.39, 0.29) is 18.4 Å². The van der Waals surface area contributed by atoms with Gasteiger partial charge in [-0.1, -0.05) is 35.9 Å². The Labute approximate surface area is 138 Å². The molecule has 4 nitrogen and oxygen atoms in total. The van der Waals surface area contributed by atoms with Crippen molar-refractivity contribution in [1.82, 2.24) is 10.2 Å². The van der Waals surface area contributed by atoms with Gasteiger partial charge in [-0.05, 0) is 37.4 Å². The smallest absolute Gasteiger partial charge is 0.223 e. The van der Waals surface area contributed by atoms with Crippen LogP contribution >= 0.6 is 0 Å². The number of aliphatic hydroxyl groups is 1. The number of benzene rings is 1. The minimum absolute atomic E-state index is 0.000983. The van der Waals surface area contributed by atoms with Gasteiger partial charge in [-0.2, -0.15) is 0 Å². The van der Waals surface area contributed by atoms with Crippen molar-refractivity contribution in [3.8, 4) is 0 Å². The third-order valence-corrected chi connectivity index (χ3v) is 5.17. The fraction of sp³-hybridized carbons (Fsp3) is 0.526. The second-order valence-corrected chi connectivity index (χ2v) is 6.65. The fourth-order valence-corrected chi connectivity index (χ4v) is 4.03. The van der Waals surface area contributed by atoms with Crippen molar-refractivity contribution < 1.29 is 9.90 Å². The van der Waals surface area contributed by atoms with Crippen LogP contribution in [0.1, 0.15) is 24.8 Å². The van der Waals surface area contributed by atoms with Crippen LogP contribution < -0.4 is 5.32 Å². The van der Waals surface area contributed by atoms with E-state index in [1.165, 1.54) is 16.7 Å². The van der Waals surface area contributed by atoms with Gasteiger partial charge in [-0.3, -0.25) is 4.79 Å². The van der Waals surface area contributed by atoms with Crippen LogP contribution in [0, 0.1) is 11.8 Å². The third-order valence-electron chi connectivity index (χ3n) is 5.17. The van der Waals surface area contributed by atoms with E-state index in [2.05, 4.69) is 47.6 Å². The van der Waals surface area contributed by atoms with Gasteiger partial charge < -0.3 is 15.3 Å². The van der Waals surface area contributed by atoms with E-state index >= 15 is 0 Å². The van der Waals surface area contributed by atoms with Crippen LogP contribution in [0.25, 0.3) is 5.57 Å². The number of rotatable bonds is 4. The Hall–Kier alpha value is -1.65. The quantitative estimate of drug-likeness (QED) is 0.892. The summed E-state index contributed by atoms with van der Waals surface area (Å²) in [6.45, 7) is 2.36. The molecule has 0 unspecified atom stereocenters. The Bertz CT molecular complexity index is 582. The summed E-state index contributed by atoms with van der Waals surface area (Å²) >= 11 is 0. The molecule has 3 rings (SSSR count). The predicted octanol–water partition coefficient (Wildman–Crippen LogP) is 1.91. The lowest BCUT2D eigenvalue weighted by atomic mass is 9.70. The number of fused-ring (bicyclic) bond motifs is 1. The van der Waals surface area contributed by atoms with E-state index < -0.39 is 0 Å². The van der Waals surface area contributed by atoms with E-state index in [9.17, 15) is 4.79 Å². The highest BCUT2D eigenvalue weighted by atomic mass is 16.3. The number of likely N-dealkylation sites (tertiary alicyclic amines) is 1. The van der Waals surface area contributed by atoms with Gasteiger partial charge in [-0.15, -0.1) is 0 Å². The zero-order valence-corrected chi connectivity index (χ0v) is 13.8. The summed E-state index contributed by atoms with van der Waals surface area (Å²) in [6.07, 6.45) is 2.91. The van der Waals surface area contributed by atoms with E-state index in [4.69, 9.17) is 5.11 Å². The molecular formula is C19H26N2O2. The standard InChI is InChI=1S/C19H26N2O2/c1-21-11-9-16-15(14-5-3-2-4-6-14)7-8-17(18(16)13-21)19(23)20-10-12-22/h2-6,17-18,22H,7-13H2,1H3,(H,20,23)/t17-,18+/m1/s1. The van der Waals surface area contributed by atoms with Gasteiger partial charge in [0.15, 0.2) is 0 Å². The van der Waals surface area contributed by atoms with Gasteiger partial charge in [0.1, 0.15) is 0 Å². The Morgan fingerprint density at radius 2 is 2.09 bits per heavy atom. The SMILES string of the molecule is CN1CCC2=C(c3ccccc3)CC[C@@H](C(=O)NCCO)[C@H]2C1. The molecule has 0 aromatic heterocycles. The van der Waals surface area contributed by atoms with Crippen LogP contribution in [0.2, 0.25) is 0 Å². The van der Waals surface area contributed by atoms with Crippen LogP contribution in [-0.4, -0.2) is 49.2 Å². The topological polar surface area (TPSA) is 52.6 Å². The van der Waals surface area contributed by atoms with Gasteiger partial charge in [0.2, 0.25) is 5.91 Å². The number of piperidine rings is 1. The molecule has 2 atom stereocenters. The fourth-order valence-electron chi connectivity index (χ4n) is 4.03. The first-order valence-corrected chi connectivity index (χ1v) is 8.55. The molecule has 1 aromatic rings. The molecule has 1 amide bonds. The average molecular weight is 314 g/mol. The zero-order chi connectivity index (χ0) is 16.2. The third kappa shape index (κ3) is 3.48. The first-order chi connectivity index (χ1) is 11.2. The highest BCUT2D eigenvalue weighted by Gasteiger charge is 2.38. The normalized spacial score (nSPS) is 25.1. The molecule has 4 heteroatoms. The minimum Gasteiger partial charge on any atom is -0.395 e. The van der Waals surface area contributed by atoms with Gasteiger partial charge in [0.25, 0.3) is 0 Å². The highest BCUT2D eigenvalue weighted by molar-refractivity contribution is 5.82. The molecule has 1 aliphatic carbocycles. The number of nitrogens with zero attached hydrogens (tertiary/aromatic N) is 1. The predicted molar refractivity (Wildman–Crippen MR) is 91.8 cm³/mol. The largest absolute Gasteiger partial charge is 0.395 e. The molecule has 23 heavy (non-hydrogen) atoms. The Morgan fingerprint density at radius 3 is 2.83 bits per heavy atom. The first kappa shape index (κ1) is 16.2. The van der Waals surface area contributed by atoms with Crippen molar-refractivity contribution in [1.29, 1.82) is 0 Å². The zero-order valence-electron chi connectivity index (χ0n) is 13.8. The molecule has 1 saturated heterocycles. The molecule has 2 N–H and O–H groups in total. The van der Waals surface area contributed by atoms with Crippen LogP contribution in [-0.2, 0) is 4.79 Å². The van der Waals surface area contributed by atoms with Gasteiger partial charge >= 0.3 is 0 Å². The van der Waals surface area contributed by atoms with E-state index in [1.807, 2.05) is 0 Å². The number of nitrogens with one attached hydrogen (secondary N) is 1. The summed E-state index contributed by atoms with van der Waals surface area (Å²) in [7, 11) is 2.14. The summed E-state index contributed by atoms with van der Waals surface area (Å²) in [5.41, 5.74) is 4.24. The number of carbonyl (C=O) groups excluding carboxylic acids is 1. The van der Waals surface area contributed by atoms with Crippen molar-refractivity contribution in [3.05, 3.63) is 41.5 Å². The number of carbonyl (C=O) groups is 1. The molecule has 2 aliphatic rings. The molecule has 0 saturated carbocycles. The summed E-state index contributed by atoms with van der Waals surface area (Å²) in [4.78, 5) is 14.8. The minimum atomic E-state index is 0.000983. The van der Waals surface area contributed by atoms with Crippen molar-refractivity contribution in [3.63, 3.8) is 0 Å². The number of amides is 1. The maximum Gasteiger partial charge on any atom is 0.223 e. The van der Waals surface area contributed by atoms with Gasteiger partial charge in [0.05, 0.1) is 6.61 Å². The number of allylic oxidation sites excluding steroid dienone is 1. The monoisotopic (exact) mass is 314 g/mol. The summed E-state index contributed by atoms with van der Waals surface area (Å²) in [6, 6.07) is 10.6. The summed E-state index contributed by atoms with van der Waals surface area (Å²) < 4.78 is 0. The first-order valence-electron chi connectivity index (χ1n) is 8.55. The van der Waals surface area contributed by atoms with Crippen molar-refractivity contribution in [2.45, 2.75) is 19.3 Å². The second-order valence-electron chi connectivity index (χ2n) is 6.65. The summed E-state index contributed by atoms with van der Waals surface area (Å²) in [5.74, 6) is 0.437. The maximum absolute atomic E-state index is 12.5. The Balaban J connectivity index is 1.89. The molecule has 1 fully saturated rings. The summed E-state index contributed by atoms with van der Waals surface area (Å²) in [5, 5.41) is 11.8. The van der Waals surface area contributed by atoms with Crippen LogP contribution in [0.5, 0.6) is 0 Å². The van der Waals surface area contributed by atoms with Crippen molar-refractivity contribution >= 4 is 11.5 Å². The van der Waals surface area contributed by atoms with Gasteiger partial charge in [0, 0.05) is 31.5 Å². The molecule has 1 aromatic carbocycles. The van der Waals surface area contributed by atoms with Crippen LogP contribution in [0.3, 0.4) is 0 Å². The molecule has 0 spiro atoms. The van der Waals surface area contributed by atoms with Crippen LogP contribution in [0.15, 0.2) is 35.9 Å². The van der Waals surface area contributed by atoms with Gasteiger partial charge in [-0.25, -0.2) is 0 Å². The second kappa shape index (κ2) is 7.28. The van der Waals surface area contributed by atoms with Crippen molar-refractivity contribution in [2.75, 3.05) is 33.3 Å². The van der Waals surface area contributed by atoms with E-state index in [1.54, 1.807) is 0 Å². The van der Waals surface area contributed by atoms with E-state index in [0.29, 0.717) is 12.5 Å². The number of hydrogen-bond acceptors (Lipinski definition) is 3. The molecule has 0 radical (unpaired) electrons. The number of aliphatic hydroxyl groups excluding tert-OH is 1. The Morgan fingerprint density at radius 1 is 1.30 bits per heavy atom. The number of hydrogen-bond donors (Lipinski definition) is 2. The molecule has 1 heterocycles. The maximum atomic E-state index is 12.5. The van der Waals surface area contributed by atoms with Crippen molar-refractivity contribution in [2.24, 2.45) is 11.8 Å². The molecule has 0 bridgehead atoms. The average Bonchev–Trinajstić information content (AvgIpc) is 2.59. The van der Waals surface area contributed by atoms with Crippen LogP contribution in [0.4, 0.5) is 0 Å². The molecular weight excluding hydrogens is 288 g/mol. The molecule has 1 aliphatic heterocycles. The molecule has 124 valence electrons. The highest BCUT2D eigenvalue weighted by Crippen LogP contribution is 2.43. The Kier molecular flexibility index (Phi) is 5.13. The van der Waals surface area contributed by atoms with E-state index in [0.717, 1.165) is 32.4 Å². The lowest BCUT2D eigenvalue weighted by molar-refractivity contribution is -0.127. The lowest BCUT2D eigenvalue weighted by Gasteiger charge is -2.41.